The van der Waals surface area contributed by atoms with Crippen molar-refractivity contribution in [2.45, 2.75) is 26.7 Å². The van der Waals surface area contributed by atoms with Crippen LogP contribution in [0.4, 0.5) is 15.5 Å². The molecule has 0 radical (unpaired) electrons. The van der Waals surface area contributed by atoms with Crippen LogP contribution >= 0.6 is 11.3 Å². The minimum absolute atomic E-state index is 0.141. The van der Waals surface area contributed by atoms with E-state index < -0.39 is 17.9 Å². The number of aryl methyl sites for hydroxylation is 1. The maximum atomic E-state index is 12.8. The minimum atomic E-state index is -0.909. The van der Waals surface area contributed by atoms with Gasteiger partial charge in [0, 0.05) is 23.3 Å². The second-order valence-electron chi connectivity index (χ2n) is 6.56. The van der Waals surface area contributed by atoms with Gasteiger partial charge in [0.05, 0.1) is 18.4 Å². The number of nitrogens with one attached hydrogen (secondary N) is 2. The van der Waals surface area contributed by atoms with Crippen molar-refractivity contribution < 1.29 is 28.7 Å². The Morgan fingerprint density at radius 2 is 1.73 bits per heavy atom. The third-order valence-corrected chi connectivity index (χ3v) is 5.78. The predicted octanol–water partition coefficient (Wildman–Crippen LogP) is 2.77. The fraction of sp³-hybridized carbons (Fsp3) is 0.250. The topological polar surface area (TPSA) is 122 Å². The fourth-order valence-electron chi connectivity index (χ4n) is 3.02. The molecule has 1 fully saturated rings. The summed E-state index contributed by atoms with van der Waals surface area (Å²) in [6.07, 6.45) is -0.628. The number of carbonyl (C=O) groups is 5. The third kappa shape index (κ3) is 4.08. The van der Waals surface area contributed by atoms with Gasteiger partial charge in [-0.15, -0.1) is 11.3 Å². The van der Waals surface area contributed by atoms with Crippen molar-refractivity contribution in [3.05, 3.63) is 45.8 Å². The molecule has 9 nitrogen and oxygen atoms in total. The molecule has 30 heavy (non-hydrogen) atoms. The van der Waals surface area contributed by atoms with E-state index in [-0.39, 0.29) is 40.8 Å². The van der Waals surface area contributed by atoms with E-state index in [1.807, 2.05) is 0 Å². The number of benzene rings is 1. The van der Waals surface area contributed by atoms with E-state index in [2.05, 4.69) is 15.4 Å². The van der Waals surface area contributed by atoms with Gasteiger partial charge in [-0.2, -0.15) is 0 Å². The summed E-state index contributed by atoms with van der Waals surface area (Å²) < 4.78 is 4.44. The molecule has 1 aliphatic rings. The largest absolute Gasteiger partial charge is 0.453 e. The lowest BCUT2D eigenvalue weighted by molar-refractivity contribution is -0.121. The van der Waals surface area contributed by atoms with Crippen LogP contribution in [0.25, 0.3) is 0 Å². The first-order chi connectivity index (χ1) is 14.2. The molecule has 0 saturated carbocycles. The van der Waals surface area contributed by atoms with Crippen LogP contribution in [-0.4, -0.2) is 36.8 Å². The van der Waals surface area contributed by atoms with Crippen LogP contribution in [0.1, 0.15) is 44.0 Å². The van der Waals surface area contributed by atoms with Gasteiger partial charge < -0.3 is 10.1 Å². The lowest BCUT2D eigenvalue weighted by Gasteiger charge is -2.15. The van der Waals surface area contributed by atoms with Crippen molar-refractivity contribution in [2.24, 2.45) is 0 Å². The Labute approximate surface area is 176 Å². The van der Waals surface area contributed by atoms with Gasteiger partial charge in [-0.25, -0.2) is 4.79 Å². The molecule has 1 aromatic heterocycles. The van der Waals surface area contributed by atoms with Gasteiger partial charge in [0.1, 0.15) is 5.00 Å². The summed E-state index contributed by atoms with van der Waals surface area (Å²) in [5.74, 6) is -1.85. The van der Waals surface area contributed by atoms with E-state index in [1.54, 1.807) is 26.0 Å². The molecule has 1 aliphatic heterocycles. The highest BCUT2D eigenvalue weighted by atomic mass is 32.1. The van der Waals surface area contributed by atoms with E-state index >= 15 is 0 Å². The van der Waals surface area contributed by atoms with Gasteiger partial charge in [-0.05, 0) is 37.6 Å². The third-order valence-electron chi connectivity index (χ3n) is 4.66. The van der Waals surface area contributed by atoms with Gasteiger partial charge >= 0.3 is 6.09 Å². The minimum Gasteiger partial charge on any atom is -0.453 e. The highest BCUT2D eigenvalue weighted by Gasteiger charge is 2.30. The molecule has 0 atom stereocenters. The van der Waals surface area contributed by atoms with Crippen molar-refractivity contribution in [1.82, 2.24) is 5.32 Å². The number of ether oxygens (including phenoxy) is 1. The molecule has 1 aromatic carbocycles. The van der Waals surface area contributed by atoms with Gasteiger partial charge in [-0.3, -0.25) is 29.4 Å². The standard InChI is InChI=1S/C20H19N3O6S/c1-10-11(2)30-19(16(10)18(27)22-20(28)29-3)21-17(26)12-5-4-6-13(9-12)23-14(24)7-8-15(23)25/h4-6,9H,7-8H2,1-3H3,(H,21,26)(H,22,27,28). The zero-order chi connectivity index (χ0) is 22.0. The van der Waals surface area contributed by atoms with E-state index in [9.17, 15) is 24.0 Å². The smallest absolute Gasteiger partial charge is 0.413 e. The van der Waals surface area contributed by atoms with Crippen molar-refractivity contribution in [1.29, 1.82) is 0 Å². The fourth-order valence-corrected chi connectivity index (χ4v) is 4.07. The molecule has 5 amide bonds. The van der Waals surface area contributed by atoms with Gasteiger partial charge in [-0.1, -0.05) is 6.07 Å². The molecule has 1 saturated heterocycles. The van der Waals surface area contributed by atoms with Gasteiger partial charge in [0.15, 0.2) is 0 Å². The van der Waals surface area contributed by atoms with Gasteiger partial charge in [0.2, 0.25) is 11.8 Å². The zero-order valence-corrected chi connectivity index (χ0v) is 17.3. The molecule has 10 heteroatoms. The molecular weight excluding hydrogens is 410 g/mol. The first-order valence-electron chi connectivity index (χ1n) is 8.99. The Morgan fingerprint density at radius 1 is 1.07 bits per heavy atom. The molecular formula is C20H19N3O6S. The Bertz CT molecular complexity index is 1060. The van der Waals surface area contributed by atoms with Gasteiger partial charge in [0.25, 0.3) is 11.8 Å². The number of hydrogen-bond acceptors (Lipinski definition) is 7. The average molecular weight is 429 g/mol. The molecule has 0 bridgehead atoms. The molecule has 0 aliphatic carbocycles. The molecule has 2 heterocycles. The Morgan fingerprint density at radius 3 is 2.37 bits per heavy atom. The van der Waals surface area contributed by atoms with Crippen LogP contribution in [0.5, 0.6) is 0 Å². The number of rotatable bonds is 4. The van der Waals surface area contributed by atoms with Crippen LogP contribution < -0.4 is 15.5 Å². The lowest BCUT2D eigenvalue weighted by Crippen LogP contribution is -2.31. The Kier molecular flexibility index (Phi) is 5.97. The molecule has 156 valence electrons. The van der Waals surface area contributed by atoms with Crippen LogP contribution in [0, 0.1) is 13.8 Å². The molecule has 3 rings (SSSR count). The number of methoxy groups -OCH3 is 1. The van der Waals surface area contributed by atoms with E-state index in [1.165, 1.54) is 23.5 Å². The van der Waals surface area contributed by atoms with Crippen molar-refractivity contribution in [2.75, 3.05) is 17.3 Å². The summed E-state index contributed by atoms with van der Waals surface area (Å²) in [7, 11) is 1.14. The molecule has 2 aromatic rings. The highest BCUT2D eigenvalue weighted by molar-refractivity contribution is 7.16. The van der Waals surface area contributed by atoms with Crippen molar-refractivity contribution in [3.63, 3.8) is 0 Å². The van der Waals surface area contributed by atoms with Crippen molar-refractivity contribution in [3.8, 4) is 0 Å². The number of carbonyl (C=O) groups excluding carboxylic acids is 5. The number of imide groups is 2. The van der Waals surface area contributed by atoms with E-state index in [0.29, 0.717) is 11.3 Å². The molecule has 0 unspecified atom stereocenters. The average Bonchev–Trinajstić information content (AvgIpc) is 3.19. The number of nitrogens with zero attached hydrogens (tertiary/aromatic N) is 1. The second kappa shape index (κ2) is 8.46. The lowest BCUT2D eigenvalue weighted by atomic mass is 10.1. The van der Waals surface area contributed by atoms with Crippen molar-refractivity contribution >= 4 is 51.7 Å². The Balaban J connectivity index is 1.87. The summed E-state index contributed by atoms with van der Waals surface area (Å²) in [5.41, 5.74) is 1.32. The number of amides is 5. The maximum Gasteiger partial charge on any atom is 0.413 e. The summed E-state index contributed by atoms with van der Waals surface area (Å²) in [4.78, 5) is 62.4. The number of hydrogen-bond donors (Lipinski definition) is 2. The number of thiophene rings is 1. The first kappa shape index (κ1) is 21.2. The predicted molar refractivity (Wildman–Crippen MR) is 110 cm³/mol. The van der Waals surface area contributed by atoms with Crippen LogP contribution in [0.15, 0.2) is 24.3 Å². The summed E-state index contributed by atoms with van der Waals surface area (Å²) in [5, 5.41) is 5.04. The SMILES string of the molecule is COC(=O)NC(=O)c1c(NC(=O)c2cccc(N3C(=O)CCC3=O)c2)sc(C)c1C. The normalized spacial score (nSPS) is 13.4. The van der Waals surface area contributed by atoms with Crippen LogP contribution in [-0.2, 0) is 14.3 Å². The monoisotopic (exact) mass is 429 g/mol. The number of anilines is 2. The van der Waals surface area contributed by atoms with Crippen LogP contribution in [0.2, 0.25) is 0 Å². The van der Waals surface area contributed by atoms with E-state index in [4.69, 9.17) is 0 Å². The Hall–Kier alpha value is -3.53. The first-order valence-corrected chi connectivity index (χ1v) is 9.81. The second-order valence-corrected chi connectivity index (χ2v) is 7.79. The quantitative estimate of drug-likeness (QED) is 0.721. The van der Waals surface area contributed by atoms with E-state index in [0.717, 1.165) is 16.9 Å². The molecule has 2 N–H and O–H groups in total. The summed E-state index contributed by atoms with van der Waals surface area (Å²) in [6.45, 7) is 3.49. The number of alkyl carbamates (subject to hydrolysis) is 1. The summed E-state index contributed by atoms with van der Waals surface area (Å²) >= 11 is 1.19. The highest BCUT2D eigenvalue weighted by Crippen LogP contribution is 2.33. The zero-order valence-electron chi connectivity index (χ0n) is 16.5. The summed E-state index contributed by atoms with van der Waals surface area (Å²) in [6, 6.07) is 6.12. The maximum absolute atomic E-state index is 12.8. The van der Waals surface area contributed by atoms with Crippen LogP contribution in [0.3, 0.4) is 0 Å². The molecule has 0 spiro atoms.